The number of phenols is 1. The summed E-state index contributed by atoms with van der Waals surface area (Å²) in [4.78, 5) is 17.0. The maximum Gasteiger partial charge on any atom is 0.165 e. The molecule has 8 heteroatoms. The van der Waals surface area contributed by atoms with Crippen LogP contribution in [0.4, 0.5) is 14.6 Å². The maximum atomic E-state index is 14.7. The highest BCUT2D eigenvalue weighted by molar-refractivity contribution is 5.99. The average molecular weight is 495 g/mol. The van der Waals surface area contributed by atoms with Gasteiger partial charge in [-0.05, 0) is 67.3 Å². The molecule has 1 N–H and O–H groups in total. The van der Waals surface area contributed by atoms with Crippen molar-refractivity contribution >= 4 is 22.4 Å². The number of phenolic OH excluding ortho intramolecular Hbond substituents is 1. The van der Waals surface area contributed by atoms with E-state index in [1.54, 1.807) is 6.07 Å². The molecular weight excluding hydrogens is 462 g/mol. The van der Waals surface area contributed by atoms with Crippen molar-refractivity contribution in [2.75, 3.05) is 18.0 Å². The number of halogens is 2. The molecule has 6 nitrogen and oxygen atoms in total. The van der Waals surface area contributed by atoms with Crippen LogP contribution in [0.2, 0.25) is 0 Å². The Morgan fingerprint density at radius 3 is 2.56 bits per heavy atom. The molecule has 3 heterocycles. The standard InChI is InChI=1S/C28H32F2N4O2/c1-16(2)27-17(3)4-6-24(33-36-27)18-8-10-34(11-9-18)28-22-14-20(29)13-21(26(22)31-15-32-28)19-5-7-25(35)23(30)12-19/h5,7,12-18,27,35H,4,6,8-11H2,1-3H3. The molecule has 1 fully saturated rings. The van der Waals surface area contributed by atoms with Gasteiger partial charge in [0.2, 0.25) is 0 Å². The summed E-state index contributed by atoms with van der Waals surface area (Å²) in [6, 6.07) is 6.79. The molecule has 36 heavy (non-hydrogen) atoms. The van der Waals surface area contributed by atoms with Gasteiger partial charge < -0.3 is 14.8 Å². The minimum atomic E-state index is -0.763. The number of benzene rings is 2. The van der Waals surface area contributed by atoms with Crippen LogP contribution in [0.3, 0.4) is 0 Å². The highest BCUT2D eigenvalue weighted by Gasteiger charge is 2.31. The van der Waals surface area contributed by atoms with E-state index >= 15 is 0 Å². The Morgan fingerprint density at radius 1 is 1.06 bits per heavy atom. The molecule has 2 aliphatic heterocycles. The van der Waals surface area contributed by atoms with Crippen molar-refractivity contribution in [3.05, 3.63) is 48.3 Å². The van der Waals surface area contributed by atoms with Crippen LogP contribution in [0, 0.1) is 29.4 Å². The summed E-state index contributed by atoms with van der Waals surface area (Å²) in [6.45, 7) is 8.13. The molecule has 2 atom stereocenters. The lowest BCUT2D eigenvalue weighted by Gasteiger charge is -2.33. The second kappa shape index (κ2) is 9.99. The molecule has 2 aromatic carbocycles. The molecule has 1 aromatic heterocycles. The summed E-state index contributed by atoms with van der Waals surface area (Å²) in [5.74, 6) is 0.280. The summed E-state index contributed by atoms with van der Waals surface area (Å²) in [6.07, 6.45) is 5.50. The van der Waals surface area contributed by atoms with Gasteiger partial charge in [-0.3, -0.25) is 0 Å². The Morgan fingerprint density at radius 2 is 1.83 bits per heavy atom. The summed E-state index contributed by atoms with van der Waals surface area (Å²) >= 11 is 0. The molecule has 3 aromatic rings. The van der Waals surface area contributed by atoms with E-state index in [0.717, 1.165) is 44.5 Å². The second-order valence-electron chi connectivity index (χ2n) is 10.4. The third kappa shape index (κ3) is 4.73. The average Bonchev–Trinajstić information content (AvgIpc) is 3.06. The highest BCUT2D eigenvalue weighted by atomic mass is 19.1. The number of nitrogens with zero attached hydrogens (tertiary/aromatic N) is 4. The topological polar surface area (TPSA) is 70.8 Å². The Kier molecular flexibility index (Phi) is 6.77. The molecule has 0 radical (unpaired) electrons. The van der Waals surface area contributed by atoms with E-state index < -0.39 is 17.4 Å². The number of rotatable bonds is 4. The summed E-state index contributed by atoms with van der Waals surface area (Å²) in [7, 11) is 0. The molecule has 2 unspecified atom stereocenters. The van der Waals surface area contributed by atoms with Crippen LogP contribution in [0.5, 0.6) is 5.75 Å². The zero-order chi connectivity index (χ0) is 25.4. The van der Waals surface area contributed by atoms with E-state index in [1.165, 1.54) is 30.6 Å². The van der Waals surface area contributed by atoms with Gasteiger partial charge >= 0.3 is 0 Å². The molecule has 0 saturated carbocycles. The predicted molar refractivity (Wildman–Crippen MR) is 137 cm³/mol. The smallest absolute Gasteiger partial charge is 0.165 e. The molecule has 0 spiro atoms. The van der Waals surface area contributed by atoms with Crippen molar-refractivity contribution in [1.29, 1.82) is 0 Å². The van der Waals surface area contributed by atoms with Gasteiger partial charge in [0, 0.05) is 30.0 Å². The number of hydrogen-bond acceptors (Lipinski definition) is 6. The highest BCUT2D eigenvalue weighted by Crippen LogP contribution is 2.36. The number of aromatic nitrogens is 2. The van der Waals surface area contributed by atoms with Crippen molar-refractivity contribution in [3.63, 3.8) is 0 Å². The van der Waals surface area contributed by atoms with Crippen LogP contribution in [0.25, 0.3) is 22.0 Å². The van der Waals surface area contributed by atoms with Gasteiger partial charge in [0.25, 0.3) is 0 Å². The number of aromatic hydroxyl groups is 1. The van der Waals surface area contributed by atoms with Gasteiger partial charge in [-0.15, -0.1) is 0 Å². The number of piperidine rings is 1. The number of oxime groups is 1. The number of fused-ring (bicyclic) bond motifs is 1. The molecule has 0 aliphatic carbocycles. The van der Waals surface area contributed by atoms with E-state index in [2.05, 4.69) is 40.8 Å². The fourth-order valence-corrected chi connectivity index (χ4v) is 5.57. The van der Waals surface area contributed by atoms with E-state index in [0.29, 0.717) is 45.6 Å². The Hall–Kier alpha value is -3.29. The SMILES string of the molecule is CC(C)C1ON=C(C2CCN(c3ncnc4c(-c5ccc(O)c(F)c5)cc(F)cc34)CC2)CCC1C. The molecule has 1 saturated heterocycles. The molecule has 0 bridgehead atoms. The van der Waals surface area contributed by atoms with Crippen LogP contribution >= 0.6 is 0 Å². The maximum absolute atomic E-state index is 14.7. The Bertz CT molecular complexity index is 1290. The van der Waals surface area contributed by atoms with Gasteiger partial charge in [-0.25, -0.2) is 18.7 Å². The van der Waals surface area contributed by atoms with E-state index in [9.17, 15) is 13.9 Å². The number of hydrogen-bond donors (Lipinski definition) is 1. The minimum Gasteiger partial charge on any atom is -0.505 e. The quantitative estimate of drug-likeness (QED) is 0.459. The second-order valence-corrected chi connectivity index (χ2v) is 10.4. The minimum absolute atomic E-state index is 0.154. The fraction of sp³-hybridized carbons (Fsp3) is 0.464. The van der Waals surface area contributed by atoms with Crippen molar-refractivity contribution < 1.29 is 18.7 Å². The summed E-state index contributed by atoms with van der Waals surface area (Å²) < 4.78 is 28.8. The lowest BCUT2D eigenvalue weighted by molar-refractivity contribution is -0.00672. The van der Waals surface area contributed by atoms with Crippen molar-refractivity contribution in [2.45, 2.75) is 52.6 Å². The largest absolute Gasteiger partial charge is 0.505 e. The monoisotopic (exact) mass is 494 g/mol. The molecule has 5 rings (SSSR count). The zero-order valence-electron chi connectivity index (χ0n) is 20.9. The molecular formula is C28H32F2N4O2. The zero-order valence-corrected chi connectivity index (χ0v) is 20.9. The van der Waals surface area contributed by atoms with Crippen LogP contribution in [-0.2, 0) is 4.84 Å². The van der Waals surface area contributed by atoms with Gasteiger partial charge in [0.1, 0.15) is 24.1 Å². The summed E-state index contributed by atoms with van der Waals surface area (Å²) in [5, 5.41) is 14.7. The third-order valence-corrected chi connectivity index (χ3v) is 7.57. The lowest BCUT2D eigenvalue weighted by atomic mass is 9.86. The van der Waals surface area contributed by atoms with Gasteiger partial charge in [0.15, 0.2) is 11.6 Å². The van der Waals surface area contributed by atoms with Crippen molar-refractivity contribution in [3.8, 4) is 16.9 Å². The first-order valence-corrected chi connectivity index (χ1v) is 12.7. The van der Waals surface area contributed by atoms with E-state index in [-0.39, 0.29) is 6.10 Å². The van der Waals surface area contributed by atoms with Crippen LogP contribution in [0.1, 0.15) is 46.5 Å². The van der Waals surface area contributed by atoms with E-state index in [4.69, 9.17) is 4.84 Å². The van der Waals surface area contributed by atoms with E-state index in [1.807, 2.05) is 0 Å². The van der Waals surface area contributed by atoms with Crippen molar-refractivity contribution in [2.24, 2.45) is 22.9 Å². The third-order valence-electron chi connectivity index (χ3n) is 7.57. The van der Waals surface area contributed by atoms with Gasteiger partial charge in [-0.2, -0.15) is 0 Å². The summed E-state index contributed by atoms with van der Waals surface area (Å²) in [5.41, 5.74) is 2.60. The molecule has 190 valence electrons. The first-order valence-electron chi connectivity index (χ1n) is 12.7. The first-order chi connectivity index (χ1) is 17.3. The Labute approximate surface area is 210 Å². The van der Waals surface area contributed by atoms with Crippen LogP contribution in [-0.4, -0.2) is 40.0 Å². The molecule has 0 amide bonds. The normalized spacial score (nSPS) is 21.4. The van der Waals surface area contributed by atoms with Gasteiger partial charge in [-0.1, -0.05) is 32.0 Å². The number of anilines is 1. The lowest BCUT2D eigenvalue weighted by Crippen LogP contribution is -2.37. The van der Waals surface area contributed by atoms with Crippen LogP contribution in [0.15, 0.2) is 41.8 Å². The predicted octanol–water partition coefficient (Wildman–Crippen LogP) is 6.32. The van der Waals surface area contributed by atoms with Crippen LogP contribution < -0.4 is 4.90 Å². The first kappa shape index (κ1) is 24.4. The Balaban J connectivity index is 1.39. The molecule has 2 aliphatic rings. The van der Waals surface area contributed by atoms with Crippen molar-refractivity contribution in [1.82, 2.24) is 9.97 Å². The van der Waals surface area contributed by atoms with Gasteiger partial charge in [0.05, 0.1) is 11.2 Å². The fourth-order valence-electron chi connectivity index (χ4n) is 5.57.